The summed E-state index contributed by atoms with van der Waals surface area (Å²) in [6.07, 6.45) is 0.854. The molecular weight excluding hydrogens is 320 g/mol. The van der Waals surface area contributed by atoms with Crippen molar-refractivity contribution in [2.24, 2.45) is 0 Å². The molecule has 0 saturated heterocycles. The summed E-state index contributed by atoms with van der Waals surface area (Å²) < 4.78 is 1.68. The first-order valence-corrected chi connectivity index (χ1v) is 7.85. The summed E-state index contributed by atoms with van der Waals surface area (Å²) >= 11 is 6.80. The highest BCUT2D eigenvalue weighted by molar-refractivity contribution is 7.71. The van der Waals surface area contributed by atoms with Gasteiger partial charge in [0.2, 0.25) is 0 Å². The fraction of sp³-hybridized carbons (Fsp3) is 0.133. The molecule has 3 rings (SSSR count). The maximum absolute atomic E-state index is 12.7. The van der Waals surface area contributed by atoms with Crippen molar-refractivity contribution in [1.82, 2.24) is 9.55 Å². The minimum absolute atomic E-state index is 0.163. The molecular formula is C15H12N2O3S2. The molecule has 0 aliphatic carbocycles. The molecule has 5 nitrogen and oxygen atoms in total. The van der Waals surface area contributed by atoms with Gasteiger partial charge in [-0.1, -0.05) is 6.92 Å². The van der Waals surface area contributed by atoms with Crippen LogP contribution in [0.25, 0.3) is 15.9 Å². The summed E-state index contributed by atoms with van der Waals surface area (Å²) in [6.45, 7) is 2.03. The molecule has 7 heteroatoms. The lowest BCUT2D eigenvalue weighted by Crippen LogP contribution is -2.19. The number of aromatic nitrogens is 2. The van der Waals surface area contributed by atoms with Crippen molar-refractivity contribution < 1.29 is 9.90 Å². The van der Waals surface area contributed by atoms with Crippen LogP contribution in [0.3, 0.4) is 0 Å². The maximum atomic E-state index is 12.7. The molecule has 0 unspecified atom stereocenters. The summed E-state index contributed by atoms with van der Waals surface area (Å²) in [5.41, 5.74) is 0.511. The first kappa shape index (κ1) is 14.7. The third-order valence-electron chi connectivity index (χ3n) is 3.36. The van der Waals surface area contributed by atoms with Crippen molar-refractivity contribution in [1.29, 1.82) is 0 Å². The fourth-order valence-electron chi connectivity index (χ4n) is 2.22. The van der Waals surface area contributed by atoms with E-state index in [4.69, 9.17) is 17.3 Å². The summed E-state index contributed by atoms with van der Waals surface area (Å²) in [7, 11) is 0. The minimum atomic E-state index is -1.01. The molecule has 0 aliphatic rings. The second kappa shape index (κ2) is 5.51. The first-order chi connectivity index (χ1) is 10.5. The van der Waals surface area contributed by atoms with Crippen LogP contribution in [0.15, 0.2) is 35.1 Å². The van der Waals surface area contributed by atoms with Gasteiger partial charge in [0, 0.05) is 4.88 Å². The van der Waals surface area contributed by atoms with Crippen molar-refractivity contribution in [2.45, 2.75) is 13.3 Å². The topological polar surface area (TPSA) is 75.1 Å². The summed E-state index contributed by atoms with van der Waals surface area (Å²) in [5, 5.41) is 9.53. The van der Waals surface area contributed by atoms with E-state index in [0.717, 1.165) is 16.1 Å². The van der Waals surface area contributed by atoms with Crippen LogP contribution in [0, 0.1) is 4.77 Å². The van der Waals surface area contributed by atoms with Gasteiger partial charge in [0.1, 0.15) is 4.83 Å². The van der Waals surface area contributed by atoms with Crippen molar-refractivity contribution >= 4 is 39.7 Å². The Morgan fingerprint density at radius 1 is 1.36 bits per heavy atom. The first-order valence-electron chi connectivity index (χ1n) is 6.62. The number of carboxylic acid groups (broad SMARTS) is 1. The number of hydrogen-bond donors (Lipinski definition) is 2. The number of carboxylic acids is 1. The van der Waals surface area contributed by atoms with E-state index < -0.39 is 5.97 Å². The van der Waals surface area contributed by atoms with Crippen LogP contribution < -0.4 is 5.56 Å². The van der Waals surface area contributed by atoms with Gasteiger partial charge in [-0.2, -0.15) is 0 Å². The second-order valence-corrected chi connectivity index (χ2v) is 6.26. The van der Waals surface area contributed by atoms with E-state index >= 15 is 0 Å². The Morgan fingerprint density at radius 2 is 2.05 bits per heavy atom. The monoisotopic (exact) mass is 332 g/mol. The van der Waals surface area contributed by atoms with Crippen LogP contribution in [-0.2, 0) is 6.42 Å². The SMILES string of the molecule is CCc1cc2c(=O)n(-c3ccc(C(=O)O)cc3)c(=S)[nH]c2s1. The Morgan fingerprint density at radius 3 is 2.64 bits per heavy atom. The van der Waals surface area contributed by atoms with E-state index in [0.29, 0.717) is 15.8 Å². The van der Waals surface area contributed by atoms with E-state index in [2.05, 4.69) is 4.98 Å². The molecule has 1 aromatic carbocycles. The number of thiophene rings is 1. The molecule has 112 valence electrons. The van der Waals surface area contributed by atoms with Crippen LogP contribution in [-0.4, -0.2) is 20.6 Å². The van der Waals surface area contributed by atoms with Gasteiger partial charge in [-0.05, 0) is 49.0 Å². The Labute approximate surface area is 134 Å². The fourth-order valence-corrected chi connectivity index (χ4v) is 3.56. The predicted octanol–water partition coefficient (Wildman–Crippen LogP) is 3.37. The number of aromatic amines is 1. The lowest BCUT2D eigenvalue weighted by Gasteiger charge is -2.06. The predicted molar refractivity (Wildman–Crippen MR) is 88.9 cm³/mol. The van der Waals surface area contributed by atoms with Crippen molar-refractivity contribution in [3.63, 3.8) is 0 Å². The quantitative estimate of drug-likeness (QED) is 0.721. The summed E-state index contributed by atoms with van der Waals surface area (Å²) in [6, 6.07) is 7.93. The molecule has 2 aromatic heterocycles. The van der Waals surface area contributed by atoms with Crippen molar-refractivity contribution in [3.8, 4) is 5.69 Å². The highest BCUT2D eigenvalue weighted by Crippen LogP contribution is 2.22. The highest BCUT2D eigenvalue weighted by Gasteiger charge is 2.11. The van der Waals surface area contributed by atoms with Gasteiger partial charge >= 0.3 is 5.97 Å². The summed E-state index contributed by atoms with van der Waals surface area (Å²) in [5.74, 6) is -1.01. The van der Waals surface area contributed by atoms with Crippen molar-refractivity contribution in [3.05, 3.63) is 55.9 Å². The number of benzene rings is 1. The van der Waals surface area contributed by atoms with Crippen LogP contribution >= 0.6 is 23.6 Å². The van der Waals surface area contributed by atoms with E-state index in [1.54, 1.807) is 12.1 Å². The number of nitrogens with one attached hydrogen (secondary N) is 1. The molecule has 0 bridgehead atoms. The molecule has 3 aromatic rings. The molecule has 0 fully saturated rings. The third-order valence-corrected chi connectivity index (χ3v) is 4.84. The zero-order valence-electron chi connectivity index (χ0n) is 11.6. The van der Waals surface area contributed by atoms with E-state index in [1.165, 1.54) is 28.0 Å². The zero-order chi connectivity index (χ0) is 15.9. The van der Waals surface area contributed by atoms with Gasteiger partial charge in [0.15, 0.2) is 4.77 Å². The number of fused-ring (bicyclic) bond motifs is 1. The van der Waals surface area contributed by atoms with Gasteiger partial charge < -0.3 is 10.1 Å². The standard InChI is InChI=1S/C15H12N2O3S2/c1-2-10-7-11-12(22-10)16-15(21)17(13(11)18)9-5-3-8(4-6-9)14(19)20/h3-7H,2H2,1H3,(H,16,21)(H,19,20). The largest absolute Gasteiger partial charge is 0.478 e. The molecule has 0 saturated carbocycles. The summed E-state index contributed by atoms with van der Waals surface area (Å²) in [4.78, 5) is 28.5. The Balaban J connectivity index is 2.24. The molecule has 0 radical (unpaired) electrons. The van der Waals surface area contributed by atoms with E-state index in [1.807, 2.05) is 13.0 Å². The van der Waals surface area contributed by atoms with Gasteiger partial charge in [0.25, 0.3) is 5.56 Å². The van der Waals surface area contributed by atoms with Crippen LogP contribution in [0.4, 0.5) is 0 Å². The number of rotatable bonds is 3. The number of aromatic carboxylic acids is 1. The zero-order valence-corrected chi connectivity index (χ0v) is 13.3. The average molecular weight is 332 g/mol. The molecule has 22 heavy (non-hydrogen) atoms. The third kappa shape index (κ3) is 2.38. The molecule has 2 heterocycles. The van der Waals surface area contributed by atoms with Gasteiger partial charge in [-0.3, -0.25) is 9.36 Å². The second-order valence-electron chi connectivity index (χ2n) is 4.73. The minimum Gasteiger partial charge on any atom is -0.478 e. The highest BCUT2D eigenvalue weighted by atomic mass is 32.1. The average Bonchev–Trinajstić information content (AvgIpc) is 2.91. The lowest BCUT2D eigenvalue weighted by molar-refractivity contribution is 0.0697. The normalized spacial score (nSPS) is 11.0. The van der Waals surface area contributed by atoms with Gasteiger partial charge in [-0.15, -0.1) is 11.3 Å². The lowest BCUT2D eigenvalue weighted by atomic mass is 10.2. The van der Waals surface area contributed by atoms with Gasteiger partial charge in [0.05, 0.1) is 16.6 Å². The Bertz CT molecular complexity index is 981. The molecule has 2 N–H and O–H groups in total. The number of hydrogen-bond acceptors (Lipinski definition) is 4. The smallest absolute Gasteiger partial charge is 0.335 e. The van der Waals surface area contributed by atoms with Crippen LogP contribution in [0.1, 0.15) is 22.2 Å². The molecule has 0 amide bonds. The number of aryl methyl sites for hydroxylation is 1. The molecule has 0 spiro atoms. The van der Waals surface area contributed by atoms with Crippen molar-refractivity contribution in [2.75, 3.05) is 0 Å². The van der Waals surface area contributed by atoms with E-state index in [-0.39, 0.29) is 11.1 Å². The van der Waals surface area contributed by atoms with Gasteiger partial charge in [-0.25, -0.2) is 4.79 Å². The molecule has 0 atom stereocenters. The Hall–Kier alpha value is -2.25. The van der Waals surface area contributed by atoms with E-state index in [9.17, 15) is 9.59 Å². The van der Waals surface area contributed by atoms with Crippen LogP contribution in [0.2, 0.25) is 0 Å². The number of nitrogens with zero attached hydrogens (tertiary/aromatic N) is 1. The maximum Gasteiger partial charge on any atom is 0.335 e. The number of H-pyrrole nitrogens is 1. The number of carbonyl (C=O) groups is 1. The molecule has 0 aliphatic heterocycles. The van der Waals surface area contributed by atoms with Crippen LogP contribution in [0.5, 0.6) is 0 Å². The Kier molecular flexibility index (Phi) is 3.67.